The summed E-state index contributed by atoms with van der Waals surface area (Å²) in [5.74, 6) is 0. The number of nitrogens with zero attached hydrogens (tertiary/aromatic N) is 1. The molecule has 2 N–H and O–H groups in total. The van der Waals surface area contributed by atoms with Crippen LogP contribution in [-0.2, 0) is 19.5 Å². The van der Waals surface area contributed by atoms with Crippen molar-refractivity contribution in [2.24, 2.45) is 0 Å². The van der Waals surface area contributed by atoms with E-state index in [2.05, 4.69) is 4.98 Å². The average molecular weight is 408 g/mol. The summed E-state index contributed by atoms with van der Waals surface area (Å²) in [5, 5.41) is 1.09. The van der Waals surface area contributed by atoms with Crippen LogP contribution in [0.2, 0.25) is 0 Å². The zero-order valence-electron chi connectivity index (χ0n) is 10.7. The van der Waals surface area contributed by atoms with Crippen molar-refractivity contribution in [3.8, 4) is 0 Å². The Hall–Kier alpha value is -0.687. The molecule has 0 aliphatic heterocycles. The van der Waals surface area contributed by atoms with Gasteiger partial charge in [0.2, 0.25) is 0 Å². The number of anilines is 1. The molecule has 2 aromatic rings. The standard InChI is InChI=1S/C9H8N2.2ClHO4.Zn/c10-8-5-1-3-7-4-2-6-11-9(7)8;2*2-1(3,4)5;/h1-6H,10H2;2*(H,2,3,4,5);/q;;;+2/p-2. The molecule has 10 nitrogen and oxygen atoms in total. The number of benzene rings is 1. The van der Waals surface area contributed by atoms with Crippen LogP contribution in [0.1, 0.15) is 0 Å². The van der Waals surface area contributed by atoms with Crippen LogP contribution in [0.5, 0.6) is 0 Å². The van der Waals surface area contributed by atoms with Crippen LogP contribution in [0.4, 0.5) is 5.69 Å². The predicted molar refractivity (Wildman–Crippen MR) is 46.2 cm³/mol. The number of hydrogen-bond acceptors (Lipinski definition) is 10. The molecule has 2 rings (SSSR count). The van der Waals surface area contributed by atoms with Gasteiger partial charge >= 0.3 is 19.5 Å². The molecule has 0 bridgehead atoms. The van der Waals surface area contributed by atoms with Crippen molar-refractivity contribution >= 4 is 16.6 Å². The summed E-state index contributed by atoms with van der Waals surface area (Å²) < 4.78 is 67.9. The Bertz CT molecular complexity index is 534. The number of rotatable bonds is 0. The van der Waals surface area contributed by atoms with E-state index in [9.17, 15) is 0 Å². The number of aromatic nitrogens is 1. The van der Waals surface area contributed by atoms with E-state index in [4.69, 9.17) is 43.0 Å². The monoisotopic (exact) mass is 406 g/mol. The van der Waals surface area contributed by atoms with Gasteiger partial charge in [0, 0.05) is 11.6 Å². The molecule has 118 valence electrons. The molecule has 22 heavy (non-hydrogen) atoms. The van der Waals surface area contributed by atoms with Crippen LogP contribution in [0, 0.1) is 20.5 Å². The average Bonchev–Trinajstić information content (AvgIpc) is 2.25. The maximum Gasteiger partial charge on any atom is 2.00 e. The summed E-state index contributed by atoms with van der Waals surface area (Å²) >= 11 is 0. The van der Waals surface area contributed by atoms with Crippen LogP contribution in [-0.4, -0.2) is 4.98 Å². The molecular weight excluding hydrogens is 400 g/mol. The summed E-state index contributed by atoms with van der Waals surface area (Å²) in [6, 6.07) is 9.69. The van der Waals surface area contributed by atoms with Crippen molar-refractivity contribution in [3.05, 3.63) is 36.5 Å². The number of nitrogen functional groups attached to an aromatic ring is 1. The van der Waals surface area contributed by atoms with E-state index in [1.54, 1.807) is 6.20 Å². The van der Waals surface area contributed by atoms with Crippen LogP contribution in [0.15, 0.2) is 36.5 Å². The third kappa shape index (κ3) is 15.7. The second kappa shape index (κ2) is 10.2. The maximum atomic E-state index is 8.49. The van der Waals surface area contributed by atoms with Crippen LogP contribution >= 0.6 is 0 Å². The number of para-hydroxylation sites is 1. The molecule has 0 fully saturated rings. The molecule has 0 saturated heterocycles. The van der Waals surface area contributed by atoms with Crippen molar-refractivity contribution in [1.82, 2.24) is 4.98 Å². The van der Waals surface area contributed by atoms with Crippen LogP contribution in [0.3, 0.4) is 0 Å². The summed E-state index contributed by atoms with van der Waals surface area (Å²) in [6.07, 6.45) is 1.75. The molecule has 1 aromatic carbocycles. The number of hydrogen-bond donors (Lipinski definition) is 1. The zero-order chi connectivity index (χ0) is 16.7. The van der Waals surface area contributed by atoms with Gasteiger partial charge in [-0.15, -0.1) is 20.5 Å². The topological polar surface area (TPSA) is 223 Å². The van der Waals surface area contributed by atoms with E-state index in [1.165, 1.54) is 0 Å². The number of fused-ring (bicyclic) bond motifs is 1. The Labute approximate surface area is 141 Å². The molecule has 0 unspecified atom stereocenters. The van der Waals surface area contributed by atoms with Crippen molar-refractivity contribution in [1.29, 1.82) is 0 Å². The molecule has 13 heteroatoms. The molecule has 0 radical (unpaired) electrons. The van der Waals surface area contributed by atoms with Crippen LogP contribution in [0.25, 0.3) is 10.9 Å². The van der Waals surface area contributed by atoms with Crippen molar-refractivity contribution in [2.75, 3.05) is 5.73 Å². The third-order valence-electron chi connectivity index (χ3n) is 1.66. The molecule has 0 atom stereocenters. The first-order chi connectivity index (χ1) is 9.38. The predicted octanol–water partition coefficient (Wildman–Crippen LogP) is -7.70. The molecule has 1 aromatic heterocycles. The van der Waals surface area contributed by atoms with Crippen molar-refractivity contribution in [2.45, 2.75) is 0 Å². The SMILES string of the molecule is Nc1cccc2cccnc12.[O-][Cl+3]([O-])([O-])[O-].[O-][Cl+3]([O-])([O-])[O-].[Zn+2]. The summed E-state index contributed by atoms with van der Waals surface area (Å²) in [6.45, 7) is 0. The fourth-order valence-corrected chi connectivity index (χ4v) is 1.13. The van der Waals surface area contributed by atoms with Gasteiger partial charge in [-0.1, -0.05) is 18.2 Å². The molecule has 0 aliphatic rings. The Kier molecular flexibility index (Phi) is 10.9. The van der Waals surface area contributed by atoms with Crippen molar-refractivity contribution < 1.29 is 77.2 Å². The molecule has 0 amide bonds. The first kappa shape index (κ1) is 23.6. The van der Waals surface area contributed by atoms with Gasteiger partial charge in [0.15, 0.2) is 0 Å². The van der Waals surface area contributed by atoms with Gasteiger partial charge in [-0.3, -0.25) is 4.98 Å². The largest absolute Gasteiger partial charge is 2.00 e. The van der Waals surface area contributed by atoms with E-state index in [0.29, 0.717) is 0 Å². The summed E-state index contributed by atoms with van der Waals surface area (Å²) in [4.78, 5) is 4.16. The van der Waals surface area contributed by atoms with Gasteiger partial charge < -0.3 is 5.73 Å². The fourth-order valence-electron chi connectivity index (χ4n) is 1.13. The first-order valence-electron chi connectivity index (χ1n) is 4.70. The smallest absolute Gasteiger partial charge is 0.397 e. The molecule has 1 heterocycles. The number of nitrogens with two attached hydrogens (primary N) is 1. The molecular formula is C9H8Cl2N2O8Zn. The first-order valence-corrected chi connectivity index (χ1v) is 7.17. The van der Waals surface area contributed by atoms with Crippen LogP contribution < -0.4 is 43.0 Å². The Morgan fingerprint density at radius 3 is 1.59 bits per heavy atom. The summed E-state index contributed by atoms with van der Waals surface area (Å²) in [5.41, 5.74) is 7.32. The second-order valence-corrected chi connectivity index (χ2v) is 4.69. The van der Waals surface area contributed by atoms with Gasteiger partial charge in [0.05, 0.1) is 11.2 Å². The zero-order valence-corrected chi connectivity index (χ0v) is 15.2. The van der Waals surface area contributed by atoms with E-state index in [1.807, 2.05) is 30.3 Å². The minimum atomic E-state index is -4.94. The second-order valence-electron chi connectivity index (χ2n) is 3.18. The maximum absolute atomic E-state index is 8.49. The Morgan fingerprint density at radius 1 is 0.773 bits per heavy atom. The quantitative estimate of drug-likeness (QED) is 0.320. The van der Waals surface area contributed by atoms with E-state index < -0.39 is 20.5 Å². The van der Waals surface area contributed by atoms with Crippen molar-refractivity contribution in [3.63, 3.8) is 0 Å². The van der Waals surface area contributed by atoms with E-state index in [0.717, 1.165) is 16.6 Å². The van der Waals surface area contributed by atoms with E-state index >= 15 is 0 Å². The fraction of sp³-hybridized carbons (Fsp3) is 0. The van der Waals surface area contributed by atoms with Gasteiger partial charge in [-0.25, -0.2) is 37.3 Å². The Balaban J connectivity index is 0. The van der Waals surface area contributed by atoms with Gasteiger partial charge in [0.1, 0.15) is 0 Å². The number of pyridine rings is 1. The van der Waals surface area contributed by atoms with Gasteiger partial charge in [-0.05, 0) is 12.1 Å². The van der Waals surface area contributed by atoms with Gasteiger partial charge in [-0.2, -0.15) is 0 Å². The van der Waals surface area contributed by atoms with Gasteiger partial charge in [0.25, 0.3) is 0 Å². The normalized spacial score (nSPS) is 10.5. The number of halogens is 2. The molecule has 0 aliphatic carbocycles. The Morgan fingerprint density at radius 2 is 1.18 bits per heavy atom. The minimum Gasteiger partial charge on any atom is -0.397 e. The molecule has 0 spiro atoms. The minimum absolute atomic E-state index is 0. The molecule has 0 saturated carbocycles. The third-order valence-corrected chi connectivity index (χ3v) is 1.66. The van der Waals surface area contributed by atoms with E-state index in [-0.39, 0.29) is 19.5 Å². The summed E-state index contributed by atoms with van der Waals surface area (Å²) in [7, 11) is -9.89.